The molecule has 2 saturated carbocycles. The molecule has 6 unspecified atom stereocenters. The summed E-state index contributed by atoms with van der Waals surface area (Å²) in [5.41, 5.74) is 3.68. The summed E-state index contributed by atoms with van der Waals surface area (Å²) >= 11 is 0. The molecule has 208 valence electrons. The first-order chi connectivity index (χ1) is 18.1. The average molecular weight is 521 g/mol. The van der Waals surface area contributed by atoms with E-state index < -0.39 is 5.60 Å². The van der Waals surface area contributed by atoms with Crippen molar-refractivity contribution in [3.8, 4) is 5.75 Å². The zero-order chi connectivity index (χ0) is 27.7. The minimum absolute atomic E-state index is 0.00259. The van der Waals surface area contributed by atoms with Crippen LogP contribution >= 0.6 is 0 Å². The summed E-state index contributed by atoms with van der Waals surface area (Å²) in [6.45, 7) is 9.26. The maximum absolute atomic E-state index is 10.7. The third-order valence-corrected chi connectivity index (χ3v) is 10.5. The fraction of sp³-hybridized carbons (Fsp3) is 0.606. The first kappa shape index (κ1) is 28.8. The van der Waals surface area contributed by atoms with Crippen molar-refractivity contribution in [2.24, 2.45) is 17.3 Å². The summed E-state index contributed by atoms with van der Waals surface area (Å²) in [5.74, 6) is 1.39. The smallest absolute Gasteiger partial charge is 0.115 e. The van der Waals surface area contributed by atoms with Crippen LogP contribution in [0.15, 0.2) is 48.5 Å². The molecule has 3 aliphatic rings. The van der Waals surface area contributed by atoms with Gasteiger partial charge in [0, 0.05) is 24.0 Å². The lowest BCUT2D eigenvalue weighted by atomic mass is 9.47. The Hall–Kier alpha value is -2.21. The first-order valence-electron chi connectivity index (χ1n) is 14.4. The number of aromatic hydroxyl groups is 1. The molecule has 0 aromatic heterocycles. The maximum atomic E-state index is 10.7. The van der Waals surface area contributed by atoms with Crippen LogP contribution in [0, 0.1) is 17.3 Å². The SMILES string of the molecule is C=O.CNC(C)C12CCC(N(C)Cc3ccccc3)C(CC1)C21c2cc(O)ccc2CC1CCC(C)(C)O. The number of nitrogens with zero attached hydrogens (tertiary/aromatic N) is 1. The lowest BCUT2D eigenvalue weighted by molar-refractivity contribution is -0.0980. The van der Waals surface area contributed by atoms with Gasteiger partial charge < -0.3 is 20.3 Å². The van der Waals surface area contributed by atoms with Gasteiger partial charge in [0.2, 0.25) is 0 Å². The van der Waals surface area contributed by atoms with E-state index in [2.05, 4.69) is 73.7 Å². The van der Waals surface area contributed by atoms with E-state index in [4.69, 9.17) is 4.79 Å². The fourth-order valence-electron chi connectivity index (χ4n) is 9.04. The number of hydrogen-bond acceptors (Lipinski definition) is 5. The Morgan fingerprint density at radius 2 is 1.82 bits per heavy atom. The molecule has 5 nitrogen and oxygen atoms in total. The molecule has 0 heterocycles. The highest BCUT2D eigenvalue weighted by atomic mass is 16.3. The van der Waals surface area contributed by atoms with Gasteiger partial charge in [-0.15, -0.1) is 0 Å². The highest BCUT2D eigenvalue weighted by Gasteiger charge is 2.71. The molecule has 1 spiro atoms. The highest BCUT2D eigenvalue weighted by molar-refractivity contribution is 5.50. The van der Waals surface area contributed by atoms with Crippen LogP contribution in [0.25, 0.3) is 0 Å². The third kappa shape index (κ3) is 4.71. The van der Waals surface area contributed by atoms with Gasteiger partial charge in [-0.05, 0) is 126 Å². The molecule has 2 bridgehead atoms. The molecule has 3 aliphatic carbocycles. The molecule has 0 aliphatic heterocycles. The van der Waals surface area contributed by atoms with Gasteiger partial charge in [-0.25, -0.2) is 0 Å². The van der Waals surface area contributed by atoms with Gasteiger partial charge in [0.15, 0.2) is 0 Å². The molecular formula is C33H48N2O3. The molecule has 5 heteroatoms. The van der Waals surface area contributed by atoms with E-state index in [0.29, 0.717) is 29.7 Å². The molecule has 5 rings (SSSR count). The highest BCUT2D eigenvalue weighted by Crippen LogP contribution is 2.72. The van der Waals surface area contributed by atoms with Crippen molar-refractivity contribution in [1.29, 1.82) is 0 Å². The normalized spacial score (nSPS) is 30.7. The van der Waals surface area contributed by atoms with Crippen LogP contribution < -0.4 is 5.32 Å². The molecule has 0 radical (unpaired) electrons. The Morgan fingerprint density at radius 3 is 2.47 bits per heavy atom. The molecule has 38 heavy (non-hydrogen) atoms. The van der Waals surface area contributed by atoms with Crippen molar-refractivity contribution < 1.29 is 15.0 Å². The van der Waals surface area contributed by atoms with Crippen LogP contribution in [0.1, 0.15) is 76.0 Å². The Labute approximate surface area is 229 Å². The van der Waals surface area contributed by atoms with Crippen LogP contribution in [0.5, 0.6) is 5.75 Å². The van der Waals surface area contributed by atoms with Gasteiger partial charge in [-0.2, -0.15) is 0 Å². The van der Waals surface area contributed by atoms with Crippen LogP contribution in [0.2, 0.25) is 0 Å². The number of hydrogen-bond donors (Lipinski definition) is 3. The summed E-state index contributed by atoms with van der Waals surface area (Å²) in [7, 11) is 4.45. The van der Waals surface area contributed by atoms with Gasteiger partial charge in [0.1, 0.15) is 12.5 Å². The second-order valence-corrected chi connectivity index (χ2v) is 12.8. The minimum atomic E-state index is -0.670. The standard InChI is InChI=1S/C32H46N2O2.CH2O/c1-22(33-4)31-17-14-27(29(15-18-31)34(5)21-23-9-7-6-8-10-23)32(31)25(13-16-30(2,3)36)19-24-11-12-26(35)20-28(24)32;1-2/h6-12,20,22,25,27,29,33,35-36H,13-19,21H2,1-5H3;1H2. The lowest BCUT2D eigenvalue weighted by Gasteiger charge is -2.60. The van der Waals surface area contributed by atoms with Crippen LogP contribution in [-0.2, 0) is 23.2 Å². The van der Waals surface area contributed by atoms with E-state index in [-0.39, 0.29) is 10.8 Å². The molecular weight excluding hydrogens is 472 g/mol. The van der Waals surface area contributed by atoms with Crippen molar-refractivity contribution in [1.82, 2.24) is 10.2 Å². The second kappa shape index (κ2) is 11.1. The third-order valence-electron chi connectivity index (χ3n) is 10.5. The quantitative estimate of drug-likeness (QED) is 0.431. The van der Waals surface area contributed by atoms with Gasteiger partial charge in [0.05, 0.1) is 5.60 Å². The predicted octanol–water partition coefficient (Wildman–Crippen LogP) is 5.47. The number of benzene rings is 2. The largest absolute Gasteiger partial charge is 0.508 e. The zero-order valence-corrected chi connectivity index (χ0v) is 24.0. The summed E-state index contributed by atoms with van der Waals surface area (Å²) in [6.07, 6.45) is 7.74. The van der Waals surface area contributed by atoms with E-state index in [9.17, 15) is 10.2 Å². The molecule has 2 aromatic rings. The summed E-state index contributed by atoms with van der Waals surface area (Å²) < 4.78 is 0. The fourth-order valence-corrected chi connectivity index (χ4v) is 9.04. The molecule has 0 amide bonds. The van der Waals surface area contributed by atoms with Gasteiger partial charge in [-0.1, -0.05) is 36.4 Å². The van der Waals surface area contributed by atoms with Crippen molar-refractivity contribution in [3.63, 3.8) is 0 Å². The van der Waals surface area contributed by atoms with Crippen molar-refractivity contribution in [2.45, 2.75) is 95.4 Å². The lowest BCUT2D eigenvalue weighted by Crippen LogP contribution is -2.63. The minimum Gasteiger partial charge on any atom is -0.508 e. The topological polar surface area (TPSA) is 72.8 Å². The Kier molecular flexibility index (Phi) is 8.42. The zero-order valence-electron chi connectivity index (χ0n) is 24.0. The van der Waals surface area contributed by atoms with E-state index in [1.54, 1.807) is 0 Å². The number of carbonyl (C=O) groups is 1. The van der Waals surface area contributed by atoms with Crippen LogP contribution in [0.4, 0.5) is 0 Å². The predicted molar refractivity (Wildman–Crippen MR) is 154 cm³/mol. The van der Waals surface area contributed by atoms with Crippen LogP contribution in [0.3, 0.4) is 0 Å². The summed E-state index contributed by atoms with van der Waals surface area (Å²) in [5, 5.41) is 25.2. The van der Waals surface area contributed by atoms with Crippen molar-refractivity contribution in [2.75, 3.05) is 14.1 Å². The van der Waals surface area contributed by atoms with Crippen molar-refractivity contribution >= 4 is 6.79 Å². The van der Waals surface area contributed by atoms with E-state index >= 15 is 0 Å². The molecule has 0 saturated heterocycles. The Bertz CT molecular complexity index is 1080. The number of carbonyl (C=O) groups excluding carboxylic acids is 1. The molecule has 3 N–H and O–H groups in total. The van der Waals surface area contributed by atoms with E-state index in [1.165, 1.54) is 42.4 Å². The first-order valence-corrected chi connectivity index (χ1v) is 14.4. The molecule has 6 atom stereocenters. The number of phenolic OH excluding ortho intramolecular Hbond substituents is 1. The Balaban J connectivity index is 0.00000164. The number of aliphatic hydroxyl groups is 1. The van der Waals surface area contributed by atoms with Gasteiger partial charge in [0.25, 0.3) is 0 Å². The Morgan fingerprint density at radius 1 is 1.13 bits per heavy atom. The molecule has 2 fully saturated rings. The summed E-state index contributed by atoms with van der Waals surface area (Å²) in [6, 6.07) is 17.9. The number of phenols is 1. The monoisotopic (exact) mass is 520 g/mol. The van der Waals surface area contributed by atoms with E-state index in [0.717, 1.165) is 25.8 Å². The van der Waals surface area contributed by atoms with Gasteiger partial charge >= 0.3 is 0 Å². The van der Waals surface area contributed by atoms with Gasteiger partial charge in [-0.3, -0.25) is 4.90 Å². The summed E-state index contributed by atoms with van der Waals surface area (Å²) in [4.78, 5) is 10.6. The molecule has 2 aromatic carbocycles. The number of nitrogens with one attached hydrogen (secondary N) is 1. The number of rotatable bonds is 8. The van der Waals surface area contributed by atoms with E-state index in [1.807, 2.05) is 26.7 Å². The second-order valence-electron chi connectivity index (χ2n) is 12.8. The number of fused-ring (bicyclic) bond motifs is 1. The average Bonchev–Trinajstić information content (AvgIpc) is 3.32. The van der Waals surface area contributed by atoms with Crippen LogP contribution in [-0.4, -0.2) is 53.7 Å². The van der Waals surface area contributed by atoms with Crippen molar-refractivity contribution in [3.05, 3.63) is 65.2 Å². The maximum Gasteiger partial charge on any atom is 0.115 e.